The fraction of sp³-hybridized carbons (Fsp3) is 0.421. The van der Waals surface area contributed by atoms with Crippen LogP contribution in [0.1, 0.15) is 18.2 Å². The zero-order valence-electron chi connectivity index (χ0n) is 16.6. The van der Waals surface area contributed by atoms with Gasteiger partial charge in [-0.05, 0) is 42.7 Å². The highest BCUT2D eigenvalue weighted by Crippen LogP contribution is 2.15. The molecule has 0 radical (unpaired) electrons. The lowest BCUT2D eigenvalue weighted by Crippen LogP contribution is -3.07. The van der Waals surface area contributed by atoms with Gasteiger partial charge < -0.3 is 14.6 Å². The molecule has 0 bridgehead atoms. The molecule has 1 heterocycles. The topological polar surface area (TPSA) is 92.8 Å². The summed E-state index contributed by atoms with van der Waals surface area (Å²) >= 11 is 1.49. The molecule has 10 heteroatoms. The van der Waals surface area contributed by atoms with Gasteiger partial charge in [0.15, 0.2) is 11.8 Å². The van der Waals surface area contributed by atoms with Gasteiger partial charge >= 0.3 is 0 Å². The first-order chi connectivity index (χ1) is 13.8. The van der Waals surface area contributed by atoms with Crippen LogP contribution in [-0.4, -0.2) is 53.0 Å². The number of sulfonamides is 1. The highest BCUT2D eigenvalue weighted by molar-refractivity contribution is 7.98. The normalized spacial score (nSPS) is 14.0. The number of hydrogen-bond acceptors (Lipinski definition) is 5. The van der Waals surface area contributed by atoms with Crippen molar-refractivity contribution in [2.75, 3.05) is 32.6 Å². The Labute approximate surface area is 175 Å². The zero-order chi connectivity index (χ0) is 21.4. The highest BCUT2D eigenvalue weighted by atomic mass is 32.2. The molecule has 0 aliphatic heterocycles. The van der Waals surface area contributed by atoms with E-state index in [2.05, 4.69) is 10.0 Å². The summed E-state index contributed by atoms with van der Waals surface area (Å²) in [5.41, 5.74) is 0. The summed E-state index contributed by atoms with van der Waals surface area (Å²) < 4.78 is 47.0. The number of amides is 1. The van der Waals surface area contributed by atoms with Gasteiger partial charge in [0, 0.05) is 0 Å². The lowest BCUT2D eigenvalue weighted by atomic mass is 10.2. The largest absolute Gasteiger partial charge is 0.463 e. The molecule has 0 unspecified atom stereocenters. The molecular formula is C19H27FN3O4S2+. The van der Waals surface area contributed by atoms with Crippen molar-refractivity contribution in [1.29, 1.82) is 0 Å². The van der Waals surface area contributed by atoms with Crippen molar-refractivity contribution in [1.82, 2.24) is 10.0 Å². The van der Waals surface area contributed by atoms with Crippen molar-refractivity contribution in [3.05, 3.63) is 54.2 Å². The van der Waals surface area contributed by atoms with Gasteiger partial charge in [0.25, 0.3) is 0 Å². The lowest BCUT2D eigenvalue weighted by Gasteiger charge is -2.22. The molecule has 3 N–H and O–H groups in total. The van der Waals surface area contributed by atoms with Crippen LogP contribution in [0.5, 0.6) is 0 Å². The molecule has 0 aliphatic rings. The number of likely N-dealkylation sites (N-methyl/N-ethyl adjacent to an activating group) is 1. The van der Waals surface area contributed by atoms with E-state index >= 15 is 0 Å². The number of thioether (sulfide) groups is 1. The Balaban J connectivity index is 2.12. The Morgan fingerprint density at radius 3 is 2.55 bits per heavy atom. The summed E-state index contributed by atoms with van der Waals surface area (Å²) in [5.74, 6) is -0.0360. The Kier molecular flexibility index (Phi) is 8.69. The van der Waals surface area contributed by atoms with Crippen LogP contribution < -0.4 is 14.9 Å². The molecule has 2 atom stereocenters. The van der Waals surface area contributed by atoms with Crippen LogP contribution >= 0.6 is 11.8 Å². The van der Waals surface area contributed by atoms with Crippen LogP contribution in [0.15, 0.2) is 52.0 Å². The van der Waals surface area contributed by atoms with E-state index in [-0.39, 0.29) is 19.0 Å². The SMILES string of the molecule is CSCC[C@@H](NS(=O)(=O)c1ccccc1F)C(=O)NC[C@H](c1ccco1)[NH+](C)C. The minimum atomic E-state index is -4.18. The number of halogens is 1. The Bertz CT molecular complexity index is 889. The number of rotatable bonds is 11. The first-order valence-corrected chi connectivity index (χ1v) is 12.0. The van der Waals surface area contributed by atoms with Gasteiger partial charge in [-0.15, -0.1) is 0 Å². The molecule has 0 fully saturated rings. The van der Waals surface area contributed by atoms with E-state index in [0.717, 1.165) is 16.7 Å². The molecule has 0 aliphatic carbocycles. The lowest BCUT2D eigenvalue weighted by molar-refractivity contribution is -0.891. The highest BCUT2D eigenvalue weighted by Gasteiger charge is 2.29. The van der Waals surface area contributed by atoms with Crippen LogP contribution in [0.2, 0.25) is 0 Å². The van der Waals surface area contributed by atoms with Crippen molar-refractivity contribution < 1.29 is 26.9 Å². The van der Waals surface area contributed by atoms with Gasteiger partial charge in [0.2, 0.25) is 15.9 Å². The van der Waals surface area contributed by atoms with Gasteiger partial charge in [0.1, 0.15) is 16.8 Å². The van der Waals surface area contributed by atoms with Crippen molar-refractivity contribution in [3.63, 3.8) is 0 Å². The van der Waals surface area contributed by atoms with Crippen LogP contribution in [0.25, 0.3) is 0 Å². The molecule has 2 aromatic rings. The van der Waals surface area contributed by atoms with Crippen LogP contribution in [0.4, 0.5) is 4.39 Å². The fourth-order valence-corrected chi connectivity index (χ4v) is 4.58. The fourth-order valence-electron chi connectivity index (χ4n) is 2.80. The molecule has 0 saturated heterocycles. The van der Waals surface area contributed by atoms with E-state index in [4.69, 9.17) is 4.42 Å². The van der Waals surface area contributed by atoms with E-state index in [1.807, 2.05) is 26.4 Å². The summed E-state index contributed by atoms with van der Waals surface area (Å²) in [6.07, 6.45) is 3.71. The number of carbonyl (C=O) groups excluding carboxylic acids is 1. The molecule has 0 saturated carbocycles. The van der Waals surface area contributed by atoms with Gasteiger partial charge in [-0.3, -0.25) is 4.79 Å². The van der Waals surface area contributed by atoms with Crippen molar-refractivity contribution in [3.8, 4) is 0 Å². The zero-order valence-corrected chi connectivity index (χ0v) is 18.3. The van der Waals surface area contributed by atoms with Crippen molar-refractivity contribution in [2.45, 2.75) is 23.4 Å². The van der Waals surface area contributed by atoms with Gasteiger partial charge in [-0.25, -0.2) is 12.8 Å². The van der Waals surface area contributed by atoms with Crippen molar-refractivity contribution in [2.24, 2.45) is 0 Å². The third kappa shape index (κ3) is 6.56. The summed E-state index contributed by atoms with van der Waals surface area (Å²) in [7, 11) is -0.311. The molecule has 0 spiro atoms. The van der Waals surface area contributed by atoms with E-state index in [1.165, 1.54) is 30.0 Å². The summed E-state index contributed by atoms with van der Waals surface area (Å²) in [5, 5.41) is 2.80. The first kappa shape index (κ1) is 23.4. The average molecular weight is 445 g/mol. The Morgan fingerprint density at radius 2 is 1.97 bits per heavy atom. The maximum Gasteiger partial charge on any atom is 0.244 e. The van der Waals surface area contributed by atoms with Gasteiger partial charge in [0.05, 0.1) is 26.9 Å². The first-order valence-electron chi connectivity index (χ1n) is 9.13. The second-order valence-electron chi connectivity index (χ2n) is 6.78. The van der Waals surface area contributed by atoms with Crippen molar-refractivity contribution >= 4 is 27.7 Å². The number of furan rings is 1. The molecule has 7 nitrogen and oxygen atoms in total. The molecule has 1 amide bonds. The third-order valence-corrected chi connectivity index (χ3v) is 6.56. The summed E-state index contributed by atoms with van der Waals surface area (Å²) in [6.45, 7) is 0.270. The Hall–Kier alpha value is -1.88. The van der Waals surface area contributed by atoms with E-state index in [0.29, 0.717) is 5.75 Å². The summed E-state index contributed by atoms with van der Waals surface area (Å²) in [4.78, 5) is 13.3. The second-order valence-corrected chi connectivity index (χ2v) is 9.44. The third-order valence-electron chi connectivity index (χ3n) is 4.41. The molecule has 2 rings (SSSR count). The van der Waals surface area contributed by atoms with E-state index in [1.54, 1.807) is 12.3 Å². The molecule has 29 heavy (non-hydrogen) atoms. The monoisotopic (exact) mass is 444 g/mol. The Morgan fingerprint density at radius 1 is 1.24 bits per heavy atom. The number of carbonyl (C=O) groups is 1. The smallest absolute Gasteiger partial charge is 0.244 e. The second kappa shape index (κ2) is 10.8. The van der Waals surface area contributed by atoms with E-state index < -0.39 is 32.7 Å². The standard InChI is InChI=1S/C19H26FN3O4S2/c1-23(2)16(17-8-6-11-27-17)13-21-19(24)15(10-12-28-3)22-29(25,26)18-9-5-4-7-14(18)20/h4-9,11,15-16,22H,10,12-13H2,1-3H3,(H,21,24)/p+1/t15-,16-/m1/s1. The van der Waals surface area contributed by atoms with Crippen LogP contribution in [-0.2, 0) is 14.8 Å². The molecule has 1 aromatic carbocycles. The molecule has 160 valence electrons. The predicted molar refractivity (Wildman–Crippen MR) is 111 cm³/mol. The maximum atomic E-state index is 14.0. The molecule has 1 aromatic heterocycles. The number of quaternary nitrogens is 1. The number of hydrogen-bond donors (Lipinski definition) is 3. The van der Waals surface area contributed by atoms with E-state index in [9.17, 15) is 17.6 Å². The predicted octanol–water partition coefficient (Wildman–Crippen LogP) is 0.821. The number of benzene rings is 1. The average Bonchev–Trinajstić information content (AvgIpc) is 3.19. The quantitative estimate of drug-likeness (QED) is 0.477. The minimum Gasteiger partial charge on any atom is -0.463 e. The van der Waals surface area contributed by atoms with Gasteiger partial charge in [-0.1, -0.05) is 12.1 Å². The molecular weight excluding hydrogens is 417 g/mol. The minimum absolute atomic E-state index is 0.127. The number of nitrogens with one attached hydrogen (secondary N) is 3. The van der Waals surface area contributed by atoms with Crippen LogP contribution in [0, 0.1) is 5.82 Å². The maximum absolute atomic E-state index is 14.0. The van der Waals surface area contributed by atoms with Gasteiger partial charge in [-0.2, -0.15) is 16.5 Å². The summed E-state index contributed by atoms with van der Waals surface area (Å²) in [6, 6.07) is 7.54. The van der Waals surface area contributed by atoms with Crippen LogP contribution in [0.3, 0.4) is 0 Å².